The second-order valence-corrected chi connectivity index (χ2v) is 9.11. The normalized spacial score (nSPS) is 13.8. The van der Waals surface area contributed by atoms with Gasteiger partial charge >= 0.3 is 0 Å². The van der Waals surface area contributed by atoms with Crippen LogP contribution in [0.25, 0.3) is 0 Å². The fraction of sp³-hybridized carbons (Fsp3) is 0.625. The van der Waals surface area contributed by atoms with E-state index in [0.717, 1.165) is 5.56 Å². The van der Waals surface area contributed by atoms with Crippen molar-refractivity contribution in [1.82, 2.24) is 4.31 Å². The van der Waals surface area contributed by atoms with Crippen molar-refractivity contribution in [2.45, 2.75) is 57.4 Å². The molecule has 1 N–H and O–H groups in total. The van der Waals surface area contributed by atoms with Gasteiger partial charge < -0.3 is 5.11 Å². The van der Waals surface area contributed by atoms with Crippen molar-refractivity contribution in [2.24, 2.45) is 0 Å². The Labute approximate surface area is 128 Å². The molecule has 0 unspecified atom stereocenters. The van der Waals surface area contributed by atoms with E-state index in [1.54, 1.807) is 26.8 Å². The molecule has 1 rings (SSSR count). The zero-order chi connectivity index (χ0) is 16.6. The van der Waals surface area contributed by atoms with Gasteiger partial charge in [-0.2, -0.15) is 4.31 Å². The molecule has 0 aromatic heterocycles. The summed E-state index contributed by atoms with van der Waals surface area (Å²) < 4.78 is 26.9. The zero-order valence-corrected chi connectivity index (χ0v) is 14.9. The Hall–Kier alpha value is -0.910. The molecule has 0 heterocycles. The largest absolute Gasteiger partial charge is 0.394 e. The van der Waals surface area contributed by atoms with Crippen LogP contribution in [-0.4, -0.2) is 37.0 Å². The van der Waals surface area contributed by atoms with Crippen molar-refractivity contribution in [3.8, 4) is 0 Å². The van der Waals surface area contributed by atoms with Crippen LogP contribution in [0.2, 0.25) is 0 Å². The third kappa shape index (κ3) is 3.65. The van der Waals surface area contributed by atoms with Crippen LogP contribution < -0.4 is 0 Å². The Balaban J connectivity index is 3.45. The quantitative estimate of drug-likeness (QED) is 0.930. The van der Waals surface area contributed by atoms with Crippen LogP contribution in [0.15, 0.2) is 23.1 Å². The maximum atomic E-state index is 12.9. The smallest absolute Gasteiger partial charge is 0.243 e. The molecule has 0 radical (unpaired) electrons. The number of aryl methyl sites for hydroxylation is 1. The van der Waals surface area contributed by atoms with Crippen LogP contribution in [0.5, 0.6) is 0 Å². The highest BCUT2D eigenvalue weighted by atomic mass is 32.2. The van der Waals surface area contributed by atoms with Gasteiger partial charge in [0.15, 0.2) is 0 Å². The average Bonchev–Trinajstić information content (AvgIpc) is 2.36. The van der Waals surface area contributed by atoms with Crippen LogP contribution in [0.4, 0.5) is 0 Å². The van der Waals surface area contributed by atoms with Gasteiger partial charge in [-0.05, 0) is 43.4 Å². The summed E-state index contributed by atoms with van der Waals surface area (Å²) in [6.45, 7) is 11.1. The van der Waals surface area contributed by atoms with Gasteiger partial charge in [-0.3, -0.25) is 0 Å². The fourth-order valence-electron chi connectivity index (χ4n) is 1.92. The second kappa shape index (κ2) is 5.71. The number of aliphatic hydroxyl groups excluding tert-OH is 1. The molecule has 5 heteroatoms. The maximum Gasteiger partial charge on any atom is 0.243 e. The summed E-state index contributed by atoms with van der Waals surface area (Å²) in [5.74, 6) is 0. The molecular weight excluding hydrogens is 286 g/mol. The van der Waals surface area contributed by atoms with Gasteiger partial charge in [0.25, 0.3) is 0 Å². The lowest BCUT2D eigenvalue weighted by molar-refractivity contribution is 0.138. The molecule has 0 atom stereocenters. The van der Waals surface area contributed by atoms with Crippen LogP contribution in [0.3, 0.4) is 0 Å². The van der Waals surface area contributed by atoms with Crippen molar-refractivity contribution in [1.29, 1.82) is 0 Å². The van der Waals surface area contributed by atoms with Gasteiger partial charge in [0, 0.05) is 7.05 Å². The molecule has 0 saturated carbocycles. The lowest BCUT2D eigenvalue weighted by Gasteiger charge is -2.33. The summed E-state index contributed by atoms with van der Waals surface area (Å²) >= 11 is 0. The minimum absolute atomic E-state index is 0.122. The van der Waals surface area contributed by atoms with Crippen LogP contribution >= 0.6 is 0 Å². The molecule has 0 bridgehead atoms. The summed E-state index contributed by atoms with van der Waals surface area (Å²) in [6, 6.07) is 5.55. The Morgan fingerprint density at radius 1 is 1.14 bits per heavy atom. The van der Waals surface area contributed by atoms with E-state index in [4.69, 9.17) is 0 Å². The van der Waals surface area contributed by atoms with E-state index in [1.807, 2.05) is 12.1 Å². The molecule has 1 aromatic rings. The minimum atomic E-state index is -3.65. The predicted molar refractivity (Wildman–Crippen MR) is 86.0 cm³/mol. The lowest BCUT2D eigenvalue weighted by Crippen LogP contribution is -2.47. The van der Waals surface area contributed by atoms with E-state index < -0.39 is 15.6 Å². The molecule has 0 aliphatic carbocycles. The van der Waals surface area contributed by atoms with Crippen molar-refractivity contribution in [3.63, 3.8) is 0 Å². The molecule has 0 amide bonds. The second-order valence-electron chi connectivity index (χ2n) is 7.17. The lowest BCUT2D eigenvalue weighted by atomic mass is 9.87. The average molecular weight is 313 g/mol. The number of likely N-dealkylation sites (N-methyl/N-ethyl adjacent to an activating group) is 1. The third-order valence-corrected chi connectivity index (χ3v) is 6.14. The van der Waals surface area contributed by atoms with E-state index in [9.17, 15) is 13.5 Å². The van der Waals surface area contributed by atoms with Crippen molar-refractivity contribution in [2.75, 3.05) is 13.7 Å². The number of hydrogen-bond donors (Lipinski definition) is 1. The van der Waals surface area contributed by atoms with Gasteiger partial charge in [-0.25, -0.2) is 8.42 Å². The highest BCUT2D eigenvalue weighted by molar-refractivity contribution is 7.89. The maximum absolute atomic E-state index is 12.9. The molecular formula is C16H27NO3S. The highest BCUT2D eigenvalue weighted by Crippen LogP contribution is 2.30. The Morgan fingerprint density at radius 3 is 2.10 bits per heavy atom. The van der Waals surface area contributed by atoms with E-state index in [1.165, 1.54) is 11.4 Å². The number of benzene rings is 1. The van der Waals surface area contributed by atoms with Crippen LogP contribution in [-0.2, 0) is 15.4 Å². The number of nitrogens with zero attached hydrogens (tertiary/aromatic N) is 1. The first kappa shape index (κ1) is 18.1. The topological polar surface area (TPSA) is 57.6 Å². The van der Waals surface area contributed by atoms with Crippen molar-refractivity contribution in [3.05, 3.63) is 29.3 Å². The predicted octanol–water partition coefficient (Wildman–Crippen LogP) is 2.68. The number of rotatable bonds is 4. The standard InChI is InChI=1S/C16H27NO3S/c1-12-8-9-13(15(2,3)4)10-14(12)21(19,20)17(7)16(5,6)11-18/h8-10,18H,11H2,1-7H3. The van der Waals surface area contributed by atoms with E-state index in [-0.39, 0.29) is 12.0 Å². The molecule has 0 aliphatic rings. The van der Waals surface area contributed by atoms with Gasteiger partial charge in [-0.1, -0.05) is 32.9 Å². The van der Waals surface area contributed by atoms with E-state index in [2.05, 4.69) is 20.8 Å². The van der Waals surface area contributed by atoms with Crippen LogP contribution in [0.1, 0.15) is 45.7 Å². The SMILES string of the molecule is Cc1ccc(C(C)(C)C)cc1S(=O)(=O)N(C)C(C)(C)CO. The van der Waals surface area contributed by atoms with Crippen LogP contribution in [0, 0.1) is 6.92 Å². The molecule has 120 valence electrons. The summed E-state index contributed by atoms with van der Waals surface area (Å²) in [7, 11) is -2.14. The molecule has 0 saturated heterocycles. The fourth-order valence-corrected chi connectivity index (χ4v) is 3.67. The van der Waals surface area contributed by atoms with Crippen molar-refractivity contribution >= 4 is 10.0 Å². The monoisotopic (exact) mass is 313 g/mol. The summed E-state index contributed by atoms with van der Waals surface area (Å²) in [6.07, 6.45) is 0. The number of hydrogen-bond acceptors (Lipinski definition) is 3. The first-order valence-corrected chi connectivity index (χ1v) is 8.49. The molecule has 0 fully saturated rings. The Bertz CT molecular complexity index is 613. The zero-order valence-electron chi connectivity index (χ0n) is 14.1. The molecule has 21 heavy (non-hydrogen) atoms. The molecule has 0 spiro atoms. The van der Waals surface area contributed by atoms with Gasteiger partial charge in [0.1, 0.15) is 0 Å². The highest BCUT2D eigenvalue weighted by Gasteiger charge is 2.34. The number of sulfonamides is 1. The Morgan fingerprint density at radius 2 is 1.67 bits per heavy atom. The first-order valence-electron chi connectivity index (χ1n) is 7.05. The summed E-state index contributed by atoms with van der Waals surface area (Å²) in [5.41, 5.74) is 0.719. The Kier molecular flexibility index (Phi) is 4.93. The third-order valence-electron chi connectivity index (χ3n) is 3.93. The van der Waals surface area contributed by atoms with Gasteiger partial charge in [0.05, 0.1) is 17.0 Å². The van der Waals surface area contributed by atoms with E-state index >= 15 is 0 Å². The number of aliphatic hydroxyl groups is 1. The van der Waals surface area contributed by atoms with Gasteiger partial charge in [-0.15, -0.1) is 0 Å². The molecule has 1 aromatic carbocycles. The minimum Gasteiger partial charge on any atom is -0.394 e. The summed E-state index contributed by atoms with van der Waals surface area (Å²) in [5, 5.41) is 9.42. The van der Waals surface area contributed by atoms with Crippen molar-refractivity contribution < 1.29 is 13.5 Å². The van der Waals surface area contributed by atoms with Gasteiger partial charge in [0.2, 0.25) is 10.0 Å². The van der Waals surface area contributed by atoms with E-state index in [0.29, 0.717) is 10.5 Å². The molecule has 0 aliphatic heterocycles. The first-order chi connectivity index (χ1) is 9.34. The summed E-state index contributed by atoms with van der Waals surface area (Å²) in [4.78, 5) is 0.305. The molecule has 4 nitrogen and oxygen atoms in total.